The molecule has 0 unspecified atom stereocenters. The molecule has 0 radical (unpaired) electrons. The Labute approximate surface area is 100 Å². The Bertz CT molecular complexity index is 393. The normalized spacial score (nSPS) is 9.94. The summed E-state index contributed by atoms with van der Waals surface area (Å²) in [5, 5.41) is 9.08. The standard InChI is InChI=1S/C12H16N2O3/c1-3-7-14(8-9-17-2)11-10(12(15)16)5-4-6-13-11/h3-6H,1,7-9H2,2H3,(H,15,16). The van der Waals surface area contributed by atoms with E-state index in [-0.39, 0.29) is 5.56 Å². The van der Waals surface area contributed by atoms with Crippen molar-refractivity contribution in [2.24, 2.45) is 0 Å². The largest absolute Gasteiger partial charge is 0.478 e. The second-order valence-corrected chi connectivity index (χ2v) is 3.41. The topological polar surface area (TPSA) is 62.7 Å². The van der Waals surface area contributed by atoms with Crippen molar-refractivity contribution in [1.82, 2.24) is 4.98 Å². The zero-order valence-electron chi connectivity index (χ0n) is 9.80. The van der Waals surface area contributed by atoms with Gasteiger partial charge in [0, 0.05) is 26.4 Å². The molecule has 5 heteroatoms. The molecule has 1 aromatic heterocycles. The summed E-state index contributed by atoms with van der Waals surface area (Å²) in [6, 6.07) is 3.14. The third-order valence-corrected chi connectivity index (χ3v) is 2.23. The Kier molecular flexibility index (Phi) is 5.16. The first-order valence-electron chi connectivity index (χ1n) is 5.23. The Morgan fingerprint density at radius 2 is 2.47 bits per heavy atom. The minimum Gasteiger partial charge on any atom is -0.478 e. The van der Waals surface area contributed by atoms with Crippen molar-refractivity contribution >= 4 is 11.8 Å². The molecule has 17 heavy (non-hydrogen) atoms. The third-order valence-electron chi connectivity index (χ3n) is 2.23. The van der Waals surface area contributed by atoms with Crippen LogP contribution in [0.15, 0.2) is 31.0 Å². The predicted octanol–water partition coefficient (Wildman–Crippen LogP) is 1.42. The van der Waals surface area contributed by atoms with Gasteiger partial charge < -0.3 is 14.7 Å². The summed E-state index contributed by atoms with van der Waals surface area (Å²) in [5.41, 5.74) is 0.186. The smallest absolute Gasteiger partial charge is 0.339 e. The number of pyridine rings is 1. The lowest BCUT2D eigenvalue weighted by Crippen LogP contribution is -2.29. The number of rotatable bonds is 7. The molecular formula is C12H16N2O3. The van der Waals surface area contributed by atoms with Gasteiger partial charge in [-0.15, -0.1) is 6.58 Å². The molecule has 0 fully saturated rings. The lowest BCUT2D eigenvalue weighted by atomic mass is 10.2. The van der Waals surface area contributed by atoms with Gasteiger partial charge in [-0.25, -0.2) is 9.78 Å². The summed E-state index contributed by atoms with van der Waals surface area (Å²) in [5.74, 6) is -0.545. The number of hydrogen-bond donors (Lipinski definition) is 1. The van der Waals surface area contributed by atoms with Gasteiger partial charge in [0.25, 0.3) is 0 Å². The maximum Gasteiger partial charge on any atom is 0.339 e. The minimum absolute atomic E-state index is 0.186. The lowest BCUT2D eigenvalue weighted by Gasteiger charge is -2.23. The summed E-state index contributed by atoms with van der Waals surface area (Å²) >= 11 is 0. The van der Waals surface area contributed by atoms with Crippen molar-refractivity contribution in [2.45, 2.75) is 0 Å². The van der Waals surface area contributed by atoms with E-state index in [0.29, 0.717) is 25.5 Å². The maximum absolute atomic E-state index is 11.1. The molecule has 1 rings (SSSR count). The van der Waals surface area contributed by atoms with E-state index in [1.54, 1.807) is 25.4 Å². The van der Waals surface area contributed by atoms with Crippen LogP contribution in [0.5, 0.6) is 0 Å². The first-order chi connectivity index (χ1) is 8.20. The van der Waals surface area contributed by atoms with E-state index in [4.69, 9.17) is 9.84 Å². The summed E-state index contributed by atoms with van der Waals surface area (Å²) in [4.78, 5) is 17.0. The van der Waals surface area contributed by atoms with Gasteiger partial charge >= 0.3 is 5.97 Å². The van der Waals surface area contributed by atoms with Crippen LogP contribution < -0.4 is 4.90 Å². The van der Waals surface area contributed by atoms with Crippen LogP contribution in [0.4, 0.5) is 5.82 Å². The number of methoxy groups -OCH3 is 1. The number of aromatic nitrogens is 1. The first kappa shape index (κ1) is 13.2. The summed E-state index contributed by atoms with van der Waals surface area (Å²) < 4.78 is 4.99. The number of carboxylic acids is 1. The number of ether oxygens (including phenoxy) is 1. The van der Waals surface area contributed by atoms with Crippen LogP contribution in [0.1, 0.15) is 10.4 Å². The fraction of sp³-hybridized carbons (Fsp3) is 0.333. The van der Waals surface area contributed by atoms with Crippen molar-refractivity contribution in [2.75, 3.05) is 31.7 Å². The molecule has 92 valence electrons. The first-order valence-corrected chi connectivity index (χ1v) is 5.23. The van der Waals surface area contributed by atoms with Crippen molar-refractivity contribution in [3.05, 3.63) is 36.5 Å². The molecule has 0 atom stereocenters. The monoisotopic (exact) mass is 236 g/mol. The van der Waals surface area contributed by atoms with Crippen molar-refractivity contribution in [1.29, 1.82) is 0 Å². The second kappa shape index (κ2) is 6.65. The molecule has 0 bridgehead atoms. The Hall–Kier alpha value is -1.88. The van der Waals surface area contributed by atoms with E-state index in [0.717, 1.165) is 0 Å². The molecule has 0 aliphatic carbocycles. The summed E-state index contributed by atoms with van der Waals surface area (Å²) in [7, 11) is 1.60. The van der Waals surface area contributed by atoms with Gasteiger partial charge in [0.05, 0.1) is 6.61 Å². The highest BCUT2D eigenvalue weighted by Gasteiger charge is 2.15. The molecule has 0 amide bonds. The van der Waals surface area contributed by atoms with E-state index in [2.05, 4.69) is 11.6 Å². The van der Waals surface area contributed by atoms with Crippen LogP contribution in [0.3, 0.4) is 0 Å². The molecule has 0 saturated heterocycles. The Balaban J connectivity index is 2.99. The maximum atomic E-state index is 11.1. The van der Waals surface area contributed by atoms with Crippen LogP contribution in [-0.4, -0.2) is 42.9 Å². The summed E-state index contributed by atoms with van der Waals surface area (Å²) in [6.07, 6.45) is 3.28. The van der Waals surface area contributed by atoms with E-state index in [1.807, 2.05) is 4.90 Å². The number of hydrogen-bond acceptors (Lipinski definition) is 4. The molecule has 0 aliphatic rings. The van der Waals surface area contributed by atoms with Crippen molar-refractivity contribution in [3.8, 4) is 0 Å². The molecule has 1 N–H and O–H groups in total. The average Bonchev–Trinajstić information content (AvgIpc) is 2.34. The minimum atomic E-state index is -0.987. The van der Waals surface area contributed by atoms with Gasteiger partial charge in [0.1, 0.15) is 11.4 Å². The van der Waals surface area contributed by atoms with E-state index >= 15 is 0 Å². The quantitative estimate of drug-likeness (QED) is 0.725. The van der Waals surface area contributed by atoms with E-state index in [9.17, 15) is 4.79 Å². The number of anilines is 1. The van der Waals surface area contributed by atoms with Gasteiger partial charge in [-0.1, -0.05) is 6.08 Å². The second-order valence-electron chi connectivity index (χ2n) is 3.41. The SMILES string of the molecule is C=CCN(CCOC)c1ncccc1C(=O)O. The van der Waals surface area contributed by atoms with Crippen molar-refractivity contribution < 1.29 is 14.6 Å². The van der Waals surface area contributed by atoms with Crippen molar-refractivity contribution in [3.63, 3.8) is 0 Å². The third kappa shape index (κ3) is 3.57. The van der Waals surface area contributed by atoms with Gasteiger partial charge in [0.2, 0.25) is 0 Å². The predicted molar refractivity (Wildman–Crippen MR) is 65.5 cm³/mol. The molecule has 1 heterocycles. The molecule has 0 saturated carbocycles. The fourth-order valence-corrected chi connectivity index (χ4v) is 1.46. The van der Waals surface area contributed by atoms with Gasteiger partial charge in [-0.2, -0.15) is 0 Å². The molecular weight excluding hydrogens is 220 g/mol. The molecule has 1 aromatic rings. The highest BCUT2D eigenvalue weighted by Crippen LogP contribution is 2.16. The number of carboxylic acid groups (broad SMARTS) is 1. The summed E-state index contributed by atoms with van der Waals surface area (Å²) in [6.45, 7) is 5.25. The zero-order valence-corrected chi connectivity index (χ0v) is 9.80. The molecule has 0 aliphatic heterocycles. The average molecular weight is 236 g/mol. The fourth-order valence-electron chi connectivity index (χ4n) is 1.46. The zero-order chi connectivity index (χ0) is 12.7. The van der Waals surface area contributed by atoms with Crippen LogP contribution in [0.25, 0.3) is 0 Å². The van der Waals surface area contributed by atoms with Crippen LogP contribution >= 0.6 is 0 Å². The highest BCUT2D eigenvalue weighted by molar-refractivity contribution is 5.93. The Morgan fingerprint density at radius 3 is 3.06 bits per heavy atom. The highest BCUT2D eigenvalue weighted by atomic mass is 16.5. The van der Waals surface area contributed by atoms with Gasteiger partial charge in [-0.3, -0.25) is 0 Å². The van der Waals surface area contributed by atoms with Gasteiger partial charge in [-0.05, 0) is 12.1 Å². The van der Waals surface area contributed by atoms with Crippen LogP contribution in [0, 0.1) is 0 Å². The Morgan fingerprint density at radius 1 is 1.71 bits per heavy atom. The van der Waals surface area contributed by atoms with E-state index < -0.39 is 5.97 Å². The molecule has 0 aromatic carbocycles. The van der Waals surface area contributed by atoms with Gasteiger partial charge in [0.15, 0.2) is 0 Å². The molecule has 5 nitrogen and oxygen atoms in total. The molecule has 0 spiro atoms. The van der Waals surface area contributed by atoms with Crippen LogP contribution in [0.2, 0.25) is 0 Å². The lowest BCUT2D eigenvalue weighted by molar-refractivity contribution is 0.0697. The van der Waals surface area contributed by atoms with Crippen LogP contribution in [-0.2, 0) is 4.74 Å². The number of aromatic carboxylic acids is 1. The van der Waals surface area contributed by atoms with E-state index in [1.165, 1.54) is 6.07 Å². The number of nitrogens with zero attached hydrogens (tertiary/aromatic N) is 2. The number of carbonyl (C=O) groups is 1.